The van der Waals surface area contributed by atoms with E-state index in [4.69, 9.17) is 0 Å². The van der Waals surface area contributed by atoms with E-state index in [0.29, 0.717) is 4.61 Å². The smallest absolute Gasteiger partial charge is 0.248 e. The number of carbonyl (C=O) groups is 1. The molecule has 2 aliphatic rings. The second-order valence-corrected chi connectivity index (χ2v) is 5.78. The van der Waals surface area contributed by atoms with Crippen LogP contribution in [0.4, 0.5) is 0 Å². The van der Waals surface area contributed by atoms with Crippen LogP contribution in [0.25, 0.3) is 0 Å². The molecule has 2 heterocycles. The minimum absolute atomic E-state index is 0.137. The third-order valence-electron chi connectivity index (χ3n) is 4.13. The van der Waals surface area contributed by atoms with E-state index in [2.05, 4.69) is 26.6 Å². The number of nitrogens with zero attached hydrogens (tertiary/aromatic N) is 2. The van der Waals surface area contributed by atoms with Gasteiger partial charge in [0.15, 0.2) is 5.41 Å². The van der Waals surface area contributed by atoms with Gasteiger partial charge in [0.25, 0.3) is 0 Å². The molecule has 5 nitrogen and oxygen atoms in total. The van der Waals surface area contributed by atoms with Crippen molar-refractivity contribution in [2.24, 2.45) is 10.8 Å². The maximum absolute atomic E-state index is 12.2. The van der Waals surface area contributed by atoms with Gasteiger partial charge in [-0.05, 0) is 22.9 Å². The van der Waals surface area contributed by atoms with Crippen LogP contribution in [0.2, 0.25) is 0 Å². The van der Waals surface area contributed by atoms with Crippen molar-refractivity contribution in [3.8, 4) is 12.1 Å². The molecule has 6 heteroatoms. The van der Waals surface area contributed by atoms with E-state index in [1.54, 1.807) is 20.8 Å². The van der Waals surface area contributed by atoms with Crippen LogP contribution in [0.5, 0.6) is 0 Å². The van der Waals surface area contributed by atoms with Gasteiger partial charge in [0.05, 0.1) is 22.3 Å². The normalized spacial score (nSPS) is 37.9. The summed E-state index contributed by atoms with van der Waals surface area (Å²) in [6.07, 6.45) is 0. The Kier molecular flexibility index (Phi) is 2.12. The Morgan fingerprint density at radius 3 is 2.29 bits per heavy atom. The van der Waals surface area contributed by atoms with E-state index in [9.17, 15) is 15.3 Å². The number of fused-ring (bicyclic) bond motifs is 2. The second kappa shape index (κ2) is 3.02. The van der Waals surface area contributed by atoms with E-state index >= 15 is 0 Å². The lowest BCUT2D eigenvalue weighted by Gasteiger charge is -2.47. The quantitative estimate of drug-likeness (QED) is 0.655. The molecule has 2 N–H and O–H groups in total. The summed E-state index contributed by atoms with van der Waals surface area (Å²) in [6, 6.07) is 4.01. The van der Waals surface area contributed by atoms with Crippen LogP contribution in [0.1, 0.15) is 20.8 Å². The highest BCUT2D eigenvalue weighted by molar-refractivity contribution is 9.11. The second-order valence-electron chi connectivity index (χ2n) is 4.99. The van der Waals surface area contributed by atoms with Crippen LogP contribution in [-0.4, -0.2) is 11.6 Å². The maximum atomic E-state index is 12.2. The summed E-state index contributed by atoms with van der Waals surface area (Å²) in [7, 11) is 0. The fraction of sp³-hybridized carbons (Fsp3) is 0.545. The summed E-state index contributed by atoms with van der Waals surface area (Å²) in [5.74, 6) is -0.425. The van der Waals surface area contributed by atoms with Crippen LogP contribution < -0.4 is 10.6 Å². The van der Waals surface area contributed by atoms with Crippen molar-refractivity contribution in [2.45, 2.75) is 26.4 Å². The predicted octanol–water partition coefficient (Wildman–Crippen LogP) is 1.10. The molecular weight excluding hydrogens is 284 g/mol. The monoisotopic (exact) mass is 294 g/mol. The zero-order valence-corrected chi connectivity index (χ0v) is 11.3. The SMILES string of the molecule is CC1(C)[C@@]2(C)NC(=O)[C@@]1(C#N)C(C#N)=C(Br)N2. The molecule has 2 atom stereocenters. The van der Waals surface area contributed by atoms with Crippen LogP contribution in [0, 0.1) is 33.5 Å². The lowest BCUT2D eigenvalue weighted by molar-refractivity contribution is -0.125. The van der Waals surface area contributed by atoms with Gasteiger partial charge < -0.3 is 10.6 Å². The Balaban J connectivity index is 2.87. The Morgan fingerprint density at radius 1 is 1.24 bits per heavy atom. The van der Waals surface area contributed by atoms with Gasteiger partial charge in [0.1, 0.15) is 5.66 Å². The first-order chi connectivity index (χ1) is 7.77. The first-order valence-corrected chi connectivity index (χ1v) is 5.88. The summed E-state index contributed by atoms with van der Waals surface area (Å²) >= 11 is 3.23. The molecular formula is C11H11BrN4O. The number of carbonyl (C=O) groups excluding carboxylic acids is 1. The Hall–Kier alpha value is -1.53. The number of rotatable bonds is 0. The summed E-state index contributed by atoms with van der Waals surface area (Å²) in [5, 5.41) is 24.5. The van der Waals surface area contributed by atoms with Gasteiger partial charge in [-0.15, -0.1) is 0 Å². The molecule has 2 rings (SSSR count). The molecule has 0 radical (unpaired) electrons. The molecule has 0 spiro atoms. The van der Waals surface area contributed by atoms with E-state index in [-0.39, 0.29) is 5.57 Å². The number of halogens is 1. The van der Waals surface area contributed by atoms with E-state index in [0.717, 1.165) is 0 Å². The van der Waals surface area contributed by atoms with Gasteiger partial charge in [0, 0.05) is 5.41 Å². The van der Waals surface area contributed by atoms with Crippen molar-refractivity contribution in [1.82, 2.24) is 10.6 Å². The predicted molar refractivity (Wildman–Crippen MR) is 63.1 cm³/mol. The maximum Gasteiger partial charge on any atom is 0.248 e. The highest BCUT2D eigenvalue weighted by Crippen LogP contribution is 2.58. The molecule has 0 aromatic rings. The first-order valence-electron chi connectivity index (χ1n) is 5.09. The summed E-state index contributed by atoms with van der Waals surface area (Å²) < 4.78 is 0.404. The zero-order valence-electron chi connectivity index (χ0n) is 9.68. The van der Waals surface area contributed by atoms with Gasteiger partial charge >= 0.3 is 0 Å². The Labute approximate surface area is 108 Å². The third kappa shape index (κ3) is 0.999. The van der Waals surface area contributed by atoms with Gasteiger partial charge in [-0.3, -0.25) is 4.79 Å². The van der Waals surface area contributed by atoms with Crippen molar-refractivity contribution >= 4 is 21.8 Å². The molecule has 1 fully saturated rings. The van der Waals surface area contributed by atoms with Crippen molar-refractivity contribution in [2.75, 3.05) is 0 Å². The molecule has 0 aliphatic carbocycles. The van der Waals surface area contributed by atoms with E-state index in [1.165, 1.54) is 0 Å². The number of nitrogens with one attached hydrogen (secondary N) is 2. The molecule has 88 valence electrons. The minimum Gasteiger partial charge on any atom is -0.356 e. The van der Waals surface area contributed by atoms with Crippen LogP contribution in [0.15, 0.2) is 10.2 Å². The highest BCUT2D eigenvalue weighted by Gasteiger charge is 2.72. The summed E-state index contributed by atoms with van der Waals surface area (Å²) in [6.45, 7) is 5.41. The van der Waals surface area contributed by atoms with Crippen molar-refractivity contribution in [3.63, 3.8) is 0 Å². The molecule has 0 saturated carbocycles. The molecule has 1 saturated heterocycles. The average molecular weight is 295 g/mol. The lowest BCUT2D eigenvalue weighted by Crippen LogP contribution is -2.62. The Morgan fingerprint density at radius 2 is 1.82 bits per heavy atom. The van der Waals surface area contributed by atoms with E-state index in [1.807, 2.05) is 12.1 Å². The summed E-state index contributed by atoms with van der Waals surface area (Å²) in [5.41, 5.74) is -2.79. The highest BCUT2D eigenvalue weighted by atomic mass is 79.9. The van der Waals surface area contributed by atoms with Crippen LogP contribution in [0.3, 0.4) is 0 Å². The van der Waals surface area contributed by atoms with Crippen molar-refractivity contribution < 1.29 is 4.79 Å². The minimum atomic E-state index is -1.44. The topological polar surface area (TPSA) is 88.7 Å². The van der Waals surface area contributed by atoms with Gasteiger partial charge in [-0.25, -0.2) is 0 Å². The standard InChI is InChI=1S/C11H11BrN4O/c1-9(2)10(3)15-7(12)6(4-13)11(9,5-14)8(17)16-10/h15H,1-3H3,(H,16,17)/t10-,11-/m1/s1. The number of hydrogen-bond donors (Lipinski definition) is 2. The van der Waals surface area contributed by atoms with Gasteiger partial charge in [-0.2, -0.15) is 10.5 Å². The first kappa shape index (κ1) is 11.9. The molecule has 2 bridgehead atoms. The lowest BCUT2D eigenvalue weighted by atomic mass is 9.58. The van der Waals surface area contributed by atoms with Crippen molar-refractivity contribution in [1.29, 1.82) is 10.5 Å². The average Bonchev–Trinajstić information content (AvgIpc) is 2.31. The van der Waals surface area contributed by atoms with Gasteiger partial charge in [0.2, 0.25) is 5.91 Å². The van der Waals surface area contributed by atoms with Crippen molar-refractivity contribution in [3.05, 3.63) is 10.2 Å². The molecule has 1 amide bonds. The molecule has 0 aromatic carbocycles. The Bertz CT molecular complexity index is 539. The van der Waals surface area contributed by atoms with Crippen LogP contribution in [-0.2, 0) is 4.79 Å². The number of nitriles is 2. The summed E-state index contributed by atoms with van der Waals surface area (Å²) in [4.78, 5) is 12.2. The zero-order chi connectivity index (χ0) is 13.1. The molecule has 0 aromatic heterocycles. The number of amides is 1. The largest absolute Gasteiger partial charge is 0.356 e. The third-order valence-corrected chi connectivity index (χ3v) is 4.72. The number of hydrogen-bond acceptors (Lipinski definition) is 4. The fourth-order valence-electron chi connectivity index (χ4n) is 2.58. The van der Waals surface area contributed by atoms with E-state index < -0.39 is 22.4 Å². The van der Waals surface area contributed by atoms with Crippen LogP contribution >= 0.6 is 15.9 Å². The fourth-order valence-corrected chi connectivity index (χ4v) is 3.36. The molecule has 0 unspecified atom stereocenters. The molecule has 17 heavy (non-hydrogen) atoms. The molecule has 2 aliphatic heterocycles. The van der Waals surface area contributed by atoms with Gasteiger partial charge in [-0.1, -0.05) is 13.8 Å².